The Morgan fingerprint density at radius 3 is 1.32 bits per heavy atom. The van der Waals surface area contributed by atoms with E-state index in [0.717, 1.165) is 105 Å². The predicted molar refractivity (Wildman–Crippen MR) is 170 cm³/mol. The number of halogens is 2. The first-order valence-corrected chi connectivity index (χ1v) is 15.7. The highest BCUT2D eigenvalue weighted by molar-refractivity contribution is 9.09. The molecule has 5 aromatic rings. The number of rotatable bonds is 8. The second-order valence-electron chi connectivity index (χ2n) is 10.6. The fourth-order valence-corrected chi connectivity index (χ4v) is 6.83. The van der Waals surface area contributed by atoms with Crippen LogP contribution in [-0.2, 0) is 13.1 Å². The first-order valence-electron chi connectivity index (χ1n) is 13.4. The van der Waals surface area contributed by atoms with Crippen LogP contribution < -0.4 is 10.9 Å². The number of fused-ring (bicyclic) bond motifs is 4. The van der Waals surface area contributed by atoms with Crippen LogP contribution in [0.2, 0.25) is 0 Å². The van der Waals surface area contributed by atoms with E-state index in [1.165, 1.54) is 0 Å². The number of nitrogens with zero attached hydrogens (tertiary/aromatic N) is 2. The molecule has 0 amide bonds. The van der Waals surface area contributed by atoms with Crippen LogP contribution in [0.5, 0.6) is 0 Å². The topological polar surface area (TPSA) is 44.0 Å². The molecule has 3 aromatic carbocycles. The summed E-state index contributed by atoms with van der Waals surface area (Å²) >= 11 is 7.12. The van der Waals surface area contributed by atoms with Gasteiger partial charge < -0.3 is 9.13 Å². The summed E-state index contributed by atoms with van der Waals surface area (Å²) in [5.41, 5.74) is 7.98. The number of pyridine rings is 2. The summed E-state index contributed by atoms with van der Waals surface area (Å²) in [7, 11) is 0. The Morgan fingerprint density at radius 2 is 0.947 bits per heavy atom. The molecular formula is C32H34Br2N2O2. The molecule has 0 spiro atoms. The van der Waals surface area contributed by atoms with Gasteiger partial charge in [0.1, 0.15) is 0 Å². The zero-order chi connectivity index (χ0) is 27.1. The minimum Gasteiger partial charge on any atom is -0.340 e. The normalized spacial score (nSPS) is 11.9. The van der Waals surface area contributed by atoms with Crippen molar-refractivity contribution in [2.24, 2.45) is 0 Å². The Morgan fingerprint density at radius 1 is 0.553 bits per heavy atom. The molecule has 5 rings (SSSR count). The molecule has 0 radical (unpaired) electrons. The highest BCUT2D eigenvalue weighted by Crippen LogP contribution is 2.30. The lowest BCUT2D eigenvalue weighted by Gasteiger charge is -2.20. The summed E-state index contributed by atoms with van der Waals surface area (Å²) in [5, 5.41) is 4.81. The van der Waals surface area contributed by atoms with E-state index in [4.69, 9.17) is 0 Å². The van der Waals surface area contributed by atoms with Crippen molar-refractivity contribution in [3.63, 3.8) is 0 Å². The highest BCUT2D eigenvalue weighted by atomic mass is 79.9. The molecule has 198 valence electrons. The summed E-state index contributed by atoms with van der Waals surface area (Å²) in [4.78, 5) is 28.1. The van der Waals surface area contributed by atoms with Crippen molar-refractivity contribution in [3.8, 4) is 0 Å². The number of hydrogen-bond donors (Lipinski definition) is 0. The van der Waals surface area contributed by atoms with Crippen molar-refractivity contribution in [2.75, 3.05) is 10.7 Å². The molecule has 38 heavy (non-hydrogen) atoms. The number of alkyl halides is 2. The van der Waals surface area contributed by atoms with E-state index in [-0.39, 0.29) is 10.9 Å². The van der Waals surface area contributed by atoms with Crippen molar-refractivity contribution in [1.29, 1.82) is 0 Å². The summed E-state index contributed by atoms with van der Waals surface area (Å²) in [5.74, 6) is 0. The van der Waals surface area contributed by atoms with Gasteiger partial charge in [0, 0.05) is 45.3 Å². The Labute approximate surface area is 239 Å². The number of aromatic nitrogens is 2. The molecule has 0 N–H and O–H groups in total. The molecule has 0 aliphatic carbocycles. The summed E-state index contributed by atoms with van der Waals surface area (Å²) in [6.45, 7) is 9.79. The first kappa shape index (κ1) is 27.1. The molecule has 6 heteroatoms. The van der Waals surface area contributed by atoms with Crippen LogP contribution in [0, 0.1) is 27.7 Å². The maximum absolute atomic E-state index is 14.1. The van der Waals surface area contributed by atoms with Crippen molar-refractivity contribution >= 4 is 75.5 Å². The third kappa shape index (κ3) is 4.64. The molecule has 4 nitrogen and oxygen atoms in total. The fourth-order valence-electron chi connectivity index (χ4n) is 6.03. The van der Waals surface area contributed by atoms with Crippen LogP contribution in [0.1, 0.15) is 47.9 Å². The minimum absolute atomic E-state index is 0.0473. The molecule has 0 saturated heterocycles. The van der Waals surface area contributed by atoms with Crippen LogP contribution in [0.25, 0.3) is 43.6 Å². The molecule has 0 unspecified atom stereocenters. The third-order valence-electron chi connectivity index (χ3n) is 7.67. The zero-order valence-corrected chi connectivity index (χ0v) is 25.8. The van der Waals surface area contributed by atoms with Gasteiger partial charge in [0.25, 0.3) is 0 Å². The molecular weight excluding hydrogens is 604 g/mol. The summed E-state index contributed by atoms with van der Waals surface area (Å²) in [6, 6.07) is 12.4. The van der Waals surface area contributed by atoms with Crippen LogP contribution in [-0.4, -0.2) is 19.8 Å². The second kappa shape index (κ2) is 11.0. The van der Waals surface area contributed by atoms with Crippen molar-refractivity contribution in [2.45, 2.75) is 66.5 Å². The minimum atomic E-state index is 0.0473. The van der Waals surface area contributed by atoms with E-state index >= 15 is 0 Å². The van der Waals surface area contributed by atoms with Gasteiger partial charge >= 0.3 is 0 Å². The van der Waals surface area contributed by atoms with Crippen molar-refractivity contribution in [3.05, 3.63) is 79.1 Å². The largest absolute Gasteiger partial charge is 0.340 e. The van der Waals surface area contributed by atoms with Gasteiger partial charge in [-0.05, 0) is 99.9 Å². The van der Waals surface area contributed by atoms with Gasteiger partial charge in [0.05, 0.1) is 22.1 Å². The number of hydrogen-bond acceptors (Lipinski definition) is 2. The Hall–Kier alpha value is -2.44. The molecule has 0 atom stereocenters. The van der Waals surface area contributed by atoms with Gasteiger partial charge in [-0.3, -0.25) is 9.59 Å². The lowest BCUT2D eigenvalue weighted by atomic mass is 9.99. The first-order chi connectivity index (χ1) is 18.3. The van der Waals surface area contributed by atoms with Crippen LogP contribution in [0.4, 0.5) is 0 Å². The maximum Gasteiger partial charge on any atom is 0.197 e. The smallest absolute Gasteiger partial charge is 0.197 e. The molecule has 0 aliphatic rings. The van der Waals surface area contributed by atoms with Gasteiger partial charge in [-0.25, -0.2) is 0 Å². The van der Waals surface area contributed by atoms with E-state index in [1.54, 1.807) is 0 Å². The molecule has 2 heterocycles. The van der Waals surface area contributed by atoms with Gasteiger partial charge in [-0.15, -0.1) is 0 Å². The summed E-state index contributed by atoms with van der Waals surface area (Å²) < 4.78 is 4.55. The molecule has 0 bridgehead atoms. The zero-order valence-electron chi connectivity index (χ0n) is 22.6. The third-order valence-corrected chi connectivity index (χ3v) is 8.79. The molecule has 0 saturated carbocycles. The molecule has 0 aliphatic heterocycles. The fraction of sp³-hybridized carbons (Fsp3) is 0.375. The average molecular weight is 638 g/mol. The molecule has 2 aromatic heterocycles. The van der Waals surface area contributed by atoms with Crippen LogP contribution in [0.15, 0.2) is 46.0 Å². The second-order valence-corrected chi connectivity index (χ2v) is 12.2. The van der Waals surface area contributed by atoms with Gasteiger partial charge in [0.15, 0.2) is 10.9 Å². The molecule has 0 fully saturated rings. The summed E-state index contributed by atoms with van der Waals surface area (Å²) in [6.07, 6.45) is 4.04. The SMILES string of the molecule is Cc1cc(C)c2c(=O)c3cc4c(cc3n(CCCCBr)c2c1)c(=O)c1c(C)cc(C)cc1n4CCCCBr. The van der Waals surface area contributed by atoms with E-state index < -0.39 is 0 Å². The highest BCUT2D eigenvalue weighted by Gasteiger charge is 2.19. The Kier molecular flexibility index (Phi) is 7.84. The van der Waals surface area contributed by atoms with Crippen molar-refractivity contribution in [1.82, 2.24) is 9.13 Å². The van der Waals surface area contributed by atoms with Gasteiger partial charge in [0.2, 0.25) is 0 Å². The predicted octanol–water partition coefficient (Wildman–Crippen LogP) is 8.21. The lowest BCUT2D eigenvalue weighted by molar-refractivity contribution is 0.665. The van der Waals surface area contributed by atoms with E-state index in [1.807, 2.05) is 26.0 Å². The van der Waals surface area contributed by atoms with E-state index in [2.05, 4.69) is 79.1 Å². The number of unbranched alkanes of at least 4 members (excludes halogenated alkanes) is 2. The van der Waals surface area contributed by atoms with Gasteiger partial charge in [-0.1, -0.05) is 44.0 Å². The Bertz CT molecular complexity index is 1700. The Balaban J connectivity index is 1.98. The van der Waals surface area contributed by atoms with E-state index in [0.29, 0.717) is 10.8 Å². The van der Waals surface area contributed by atoms with E-state index in [9.17, 15) is 9.59 Å². The van der Waals surface area contributed by atoms with Crippen LogP contribution >= 0.6 is 31.9 Å². The monoisotopic (exact) mass is 636 g/mol. The lowest BCUT2D eigenvalue weighted by Crippen LogP contribution is -2.17. The van der Waals surface area contributed by atoms with Crippen LogP contribution in [0.3, 0.4) is 0 Å². The van der Waals surface area contributed by atoms with Gasteiger partial charge in [-0.2, -0.15) is 0 Å². The average Bonchev–Trinajstić information content (AvgIpc) is 2.86. The van der Waals surface area contributed by atoms with Crippen molar-refractivity contribution < 1.29 is 0 Å². The maximum atomic E-state index is 14.1. The number of benzene rings is 3. The quantitative estimate of drug-likeness (QED) is 0.0978. The number of aryl methyl sites for hydroxylation is 6. The standard InChI is InChI=1S/C32H34Br2N2O2/c1-19-13-21(3)29-27(15-19)35(11-7-5-9-33)25-17-24-26(18-23(25)31(29)37)36(12-8-6-10-34)28-16-20(2)14-22(4)30(28)32(24)38/h13-18H,5-12H2,1-4H3.